The summed E-state index contributed by atoms with van der Waals surface area (Å²) < 4.78 is 18.0. The minimum Gasteiger partial charge on any atom is -0.454 e. The number of aldehydes is 1. The van der Waals surface area contributed by atoms with Gasteiger partial charge in [0.05, 0.1) is 30.1 Å². The molecule has 2 aliphatic heterocycles. The van der Waals surface area contributed by atoms with Gasteiger partial charge in [0.15, 0.2) is 17.8 Å². The summed E-state index contributed by atoms with van der Waals surface area (Å²) in [6, 6.07) is 5.51. The van der Waals surface area contributed by atoms with E-state index in [0.717, 1.165) is 35.0 Å². The third-order valence-corrected chi connectivity index (χ3v) is 6.53. The first-order valence-electron chi connectivity index (χ1n) is 11.1. The van der Waals surface area contributed by atoms with E-state index in [1.807, 2.05) is 26.2 Å². The van der Waals surface area contributed by atoms with Gasteiger partial charge in [0, 0.05) is 41.8 Å². The molecule has 0 aliphatic carbocycles. The summed E-state index contributed by atoms with van der Waals surface area (Å²) >= 11 is 0. The van der Waals surface area contributed by atoms with Crippen LogP contribution in [0.2, 0.25) is 0 Å². The predicted molar refractivity (Wildman–Crippen MR) is 125 cm³/mol. The fraction of sp³-hybridized carbons (Fsp3) is 0.400. The second-order valence-corrected chi connectivity index (χ2v) is 9.20. The molecule has 1 atom stereocenters. The number of pyridine rings is 2. The molecule has 9 nitrogen and oxygen atoms in total. The van der Waals surface area contributed by atoms with Crippen LogP contribution in [0.3, 0.4) is 0 Å². The number of nitrogens with zero attached hydrogens (tertiary/aromatic N) is 3. The number of methoxy groups -OCH3 is 1. The highest BCUT2D eigenvalue weighted by molar-refractivity contribution is 5.91. The van der Waals surface area contributed by atoms with Crippen molar-refractivity contribution in [1.82, 2.24) is 14.5 Å². The summed E-state index contributed by atoms with van der Waals surface area (Å²) in [5.74, 6) is 1.31. The maximum Gasteiger partial charge on any atom is 0.257 e. The van der Waals surface area contributed by atoms with Crippen molar-refractivity contribution in [3.05, 3.63) is 50.8 Å². The number of carbonyl (C=O) groups is 1. The Morgan fingerprint density at radius 1 is 1.24 bits per heavy atom. The minimum atomic E-state index is -1.83. The molecule has 5 rings (SSSR count). The Labute approximate surface area is 196 Å². The molecule has 0 saturated heterocycles. The van der Waals surface area contributed by atoms with Crippen LogP contribution >= 0.6 is 0 Å². The number of aliphatic hydroxyl groups is 1. The van der Waals surface area contributed by atoms with E-state index in [9.17, 15) is 14.7 Å². The third kappa shape index (κ3) is 3.48. The molecule has 4 heterocycles. The second-order valence-electron chi connectivity index (χ2n) is 9.20. The molecule has 0 saturated carbocycles. The van der Waals surface area contributed by atoms with Gasteiger partial charge in [-0.05, 0) is 45.1 Å². The molecule has 1 N–H and O–H groups in total. The van der Waals surface area contributed by atoms with Crippen LogP contribution in [-0.4, -0.2) is 60.4 Å². The van der Waals surface area contributed by atoms with Gasteiger partial charge in [0.2, 0.25) is 6.79 Å². The fourth-order valence-electron chi connectivity index (χ4n) is 4.76. The van der Waals surface area contributed by atoms with E-state index in [1.165, 1.54) is 14.0 Å². The zero-order chi connectivity index (χ0) is 24.2. The van der Waals surface area contributed by atoms with E-state index in [1.54, 1.807) is 10.6 Å². The van der Waals surface area contributed by atoms with Gasteiger partial charge < -0.3 is 28.8 Å². The van der Waals surface area contributed by atoms with Gasteiger partial charge in [0.25, 0.3) is 5.56 Å². The van der Waals surface area contributed by atoms with Crippen molar-refractivity contribution in [1.29, 1.82) is 0 Å². The van der Waals surface area contributed by atoms with Crippen molar-refractivity contribution in [3.8, 4) is 22.9 Å². The van der Waals surface area contributed by atoms with Crippen LogP contribution in [0.5, 0.6) is 11.5 Å². The molecule has 1 aromatic carbocycles. The van der Waals surface area contributed by atoms with E-state index in [4.69, 9.17) is 19.2 Å². The topological polar surface area (TPSA) is 103 Å². The summed E-state index contributed by atoms with van der Waals surface area (Å²) in [7, 11) is 5.51. The van der Waals surface area contributed by atoms with E-state index in [0.29, 0.717) is 35.7 Å². The molecular formula is C25H27N3O6. The van der Waals surface area contributed by atoms with Crippen LogP contribution in [-0.2, 0) is 34.7 Å². The molecule has 0 spiro atoms. The number of hydrogen-bond donors (Lipinski definition) is 1. The number of hydrogen-bond acceptors (Lipinski definition) is 8. The maximum absolute atomic E-state index is 13.5. The van der Waals surface area contributed by atoms with Gasteiger partial charge >= 0.3 is 0 Å². The zero-order valence-corrected chi connectivity index (χ0v) is 19.7. The number of carbonyl (C=O) groups excluding carboxylic acids is 1. The largest absolute Gasteiger partial charge is 0.454 e. The first-order valence-corrected chi connectivity index (χ1v) is 11.1. The summed E-state index contributed by atoms with van der Waals surface area (Å²) in [6.45, 7) is 2.69. The van der Waals surface area contributed by atoms with Crippen LogP contribution < -0.4 is 15.0 Å². The van der Waals surface area contributed by atoms with Crippen molar-refractivity contribution in [3.63, 3.8) is 0 Å². The Kier molecular flexibility index (Phi) is 5.43. The number of fused-ring (bicyclic) bond motifs is 5. The van der Waals surface area contributed by atoms with Gasteiger partial charge in [-0.25, -0.2) is 4.98 Å². The number of ether oxygens (including phenoxy) is 3. The Balaban J connectivity index is 1.79. The van der Waals surface area contributed by atoms with Gasteiger partial charge in [-0.1, -0.05) is 0 Å². The normalized spacial score (nSPS) is 15.5. The van der Waals surface area contributed by atoms with Crippen molar-refractivity contribution in [2.45, 2.75) is 32.1 Å². The summed E-state index contributed by atoms with van der Waals surface area (Å²) in [4.78, 5) is 32.2. The van der Waals surface area contributed by atoms with Crippen molar-refractivity contribution >= 4 is 17.2 Å². The van der Waals surface area contributed by atoms with E-state index in [2.05, 4.69) is 4.90 Å². The number of rotatable bonds is 7. The first kappa shape index (κ1) is 22.5. The smallest absolute Gasteiger partial charge is 0.257 e. The molecule has 34 heavy (non-hydrogen) atoms. The monoisotopic (exact) mass is 465 g/mol. The lowest BCUT2D eigenvalue weighted by Crippen LogP contribution is -2.32. The molecule has 0 bridgehead atoms. The van der Waals surface area contributed by atoms with Gasteiger partial charge in [-0.3, -0.25) is 9.59 Å². The lowest BCUT2D eigenvalue weighted by Gasteiger charge is -2.21. The van der Waals surface area contributed by atoms with Gasteiger partial charge in [-0.15, -0.1) is 0 Å². The summed E-state index contributed by atoms with van der Waals surface area (Å²) in [6.07, 6.45) is 1.19. The molecular weight excluding hydrogens is 438 g/mol. The first-order chi connectivity index (χ1) is 16.2. The van der Waals surface area contributed by atoms with Crippen LogP contribution in [0.25, 0.3) is 22.3 Å². The zero-order valence-electron chi connectivity index (χ0n) is 19.7. The lowest BCUT2D eigenvalue weighted by atomic mass is 9.92. The Morgan fingerprint density at radius 2 is 1.97 bits per heavy atom. The molecule has 0 fully saturated rings. The van der Waals surface area contributed by atoms with Crippen LogP contribution in [0.4, 0.5) is 0 Å². The summed E-state index contributed by atoms with van der Waals surface area (Å²) in [5.41, 5.74) is 2.39. The average molecular weight is 466 g/mol. The fourth-order valence-corrected chi connectivity index (χ4v) is 4.76. The van der Waals surface area contributed by atoms with E-state index < -0.39 is 5.60 Å². The van der Waals surface area contributed by atoms with Crippen LogP contribution in [0.1, 0.15) is 29.2 Å². The van der Waals surface area contributed by atoms with Crippen molar-refractivity contribution < 1.29 is 24.1 Å². The SMILES string of the molecule is COCc1c([C@](C)(O)C=O)cc2n(c1=O)Cc1c-2nc2cc3c(cc2c1CCN(C)C)OCO3. The van der Waals surface area contributed by atoms with Crippen LogP contribution in [0, 0.1) is 0 Å². The highest BCUT2D eigenvalue weighted by Gasteiger charge is 2.34. The molecule has 2 aromatic heterocycles. The molecule has 178 valence electrons. The lowest BCUT2D eigenvalue weighted by molar-refractivity contribution is -0.123. The molecule has 0 unspecified atom stereocenters. The number of likely N-dealkylation sites (N-methyl/N-ethyl adjacent to an activating group) is 1. The van der Waals surface area contributed by atoms with Crippen molar-refractivity contribution in [2.75, 3.05) is 34.5 Å². The van der Waals surface area contributed by atoms with Gasteiger partial charge in [-0.2, -0.15) is 0 Å². The quantitative estimate of drug-likeness (QED) is 0.412. The Hall–Kier alpha value is -3.27. The second kappa shape index (κ2) is 8.19. The molecule has 0 amide bonds. The molecule has 3 aromatic rings. The standard InChI is InChI=1S/C25H27N3O6/c1-25(31,12-29)18-8-20-23-16(10-28(20)24(30)17(18)11-32-4)14(5-6-27(2)3)15-7-21-22(34-13-33-21)9-19(15)26-23/h7-9,12,31H,5-6,10-11,13H2,1-4H3/t25-/m1/s1. The highest BCUT2D eigenvalue weighted by Crippen LogP contribution is 2.42. The number of aromatic nitrogens is 2. The molecule has 0 radical (unpaired) electrons. The predicted octanol–water partition coefficient (Wildman–Crippen LogP) is 1.81. The molecule has 2 aliphatic rings. The average Bonchev–Trinajstić information content (AvgIpc) is 3.41. The Bertz CT molecular complexity index is 1380. The Morgan fingerprint density at radius 3 is 2.65 bits per heavy atom. The van der Waals surface area contributed by atoms with Crippen LogP contribution in [0.15, 0.2) is 23.0 Å². The van der Waals surface area contributed by atoms with Gasteiger partial charge in [0.1, 0.15) is 5.60 Å². The minimum absolute atomic E-state index is 0.0148. The maximum atomic E-state index is 13.5. The highest BCUT2D eigenvalue weighted by atomic mass is 16.7. The molecule has 9 heteroatoms. The van der Waals surface area contributed by atoms with Crippen molar-refractivity contribution in [2.24, 2.45) is 0 Å². The van der Waals surface area contributed by atoms with E-state index >= 15 is 0 Å². The summed E-state index contributed by atoms with van der Waals surface area (Å²) in [5, 5.41) is 11.7. The third-order valence-electron chi connectivity index (χ3n) is 6.53. The van der Waals surface area contributed by atoms with E-state index in [-0.39, 0.29) is 30.1 Å². The number of benzene rings is 1.